The van der Waals surface area contributed by atoms with Crippen molar-refractivity contribution < 1.29 is 23.9 Å². The summed E-state index contributed by atoms with van der Waals surface area (Å²) in [7, 11) is 0. The van der Waals surface area contributed by atoms with Crippen molar-refractivity contribution in [3.05, 3.63) is 29.8 Å². The van der Waals surface area contributed by atoms with E-state index in [9.17, 15) is 14.4 Å². The lowest BCUT2D eigenvalue weighted by atomic mass is 10.1. The Hall–Kier alpha value is -2.61. The minimum atomic E-state index is -0.509. The number of primary amides is 1. The molecule has 0 saturated carbocycles. The summed E-state index contributed by atoms with van der Waals surface area (Å²) in [5.41, 5.74) is 5.59. The van der Waals surface area contributed by atoms with Gasteiger partial charge in [-0.2, -0.15) is 0 Å². The van der Waals surface area contributed by atoms with E-state index >= 15 is 0 Å². The molecule has 2 rings (SSSR count). The van der Waals surface area contributed by atoms with Crippen molar-refractivity contribution >= 4 is 17.7 Å². The van der Waals surface area contributed by atoms with Gasteiger partial charge >= 0.3 is 0 Å². The zero-order valence-corrected chi connectivity index (χ0v) is 13.4. The highest BCUT2D eigenvalue weighted by Crippen LogP contribution is 2.18. The van der Waals surface area contributed by atoms with Crippen molar-refractivity contribution in [2.24, 2.45) is 5.73 Å². The number of nitrogens with two attached hydrogens (primary N) is 1. The van der Waals surface area contributed by atoms with Gasteiger partial charge in [-0.3, -0.25) is 14.4 Å². The van der Waals surface area contributed by atoms with E-state index in [-0.39, 0.29) is 30.5 Å². The van der Waals surface area contributed by atoms with Crippen LogP contribution in [-0.2, 0) is 14.3 Å². The van der Waals surface area contributed by atoms with Crippen molar-refractivity contribution in [1.82, 2.24) is 10.6 Å². The second-order valence-electron chi connectivity index (χ2n) is 5.49. The number of ether oxygens (including phenoxy) is 2. The lowest BCUT2D eigenvalue weighted by molar-refractivity contribution is -0.126. The van der Waals surface area contributed by atoms with Crippen LogP contribution in [0.4, 0.5) is 0 Å². The van der Waals surface area contributed by atoms with E-state index in [0.29, 0.717) is 30.9 Å². The summed E-state index contributed by atoms with van der Waals surface area (Å²) < 4.78 is 11.3. The van der Waals surface area contributed by atoms with Crippen LogP contribution in [0.5, 0.6) is 5.75 Å². The molecule has 0 spiro atoms. The van der Waals surface area contributed by atoms with Gasteiger partial charge in [-0.25, -0.2) is 0 Å². The van der Waals surface area contributed by atoms with Crippen LogP contribution in [0, 0.1) is 0 Å². The Morgan fingerprint density at radius 2 is 2.00 bits per heavy atom. The van der Waals surface area contributed by atoms with Crippen LogP contribution < -0.4 is 21.1 Å². The molecule has 1 fully saturated rings. The molecule has 3 amide bonds. The molecule has 8 nitrogen and oxygen atoms in total. The summed E-state index contributed by atoms with van der Waals surface area (Å²) in [5.74, 6) is -0.503. The second-order valence-corrected chi connectivity index (χ2v) is 5.49. The van der Waals surface area contributed by atoms with Gasteiger partial charge < -0.3 is 25.8 Å². The SMILES string of the molecule is CC(=O)NCC(=O)N[C@@H]1CCOC[C@H]1Oc1ccc(C(N)=O)cc1. The summed E-state index contributed by atoms with van der Waals surface area (Å²) in [5, 5.41) is 5.29. The van der Waals surface area contributed by atoms with E-state index in [1.807, 2.05) is 0 Å². The molecule has 1 aromatic carbocycles. The highest BCUT2D eigenvalue weighted by atomic mass is 16.5. The Kier molecular flexibility index (Phi) is 6.14. The monoisotopic (exact) mass is 335 g/mol. The molecule has 0 aromatic heterocycles. The minimum Gasteiger partial charge on any atom is -0.486 e. The Labute approximate surface area is 139 Å². The predicted octanol–water partition coefficient (Wildman–Crippen LogP) is -0.426. The Morgan fingerprint density at radius 3 is 2.62 bits per heavy atom. The van der Waals surface area contributed by atoms with Gasteiger partial charge in [0.1, 0.15) is 11.9 Å². The summed E-state index contributed by atoms with van der Waals surface area (Å²) in [4.78, 5) is 33.8. The van der Waals surface area contributed by atoms with Gasteiger partial charge in [0.25, 0.3) is 0 Å². The van der Waals surface area contributed by atoms with Gasteiger partial charge in [-0.15, -0.1) is 0 Å². The van der Waals surface area contributed by atoms with E-state index < -0.39 is 5.91 Å². The molecule has 0 unspecified atom stereocenters. The van der Waals surface area contributed by atoms with Crippen LogP contribution in [0.25, 0.3) is 0 Å². The standard InChI is InChI=1S/C16H21N3O5/c1-10(20)18-8-15(21)19-13-6-7-23-9-14(13)24-12-4-2-11(3-5-12)16(17)22/h2-5,13-14H,6-9H2,1H3,(H2,17,22)(H,18,20)(H,19,21)/t13-,14-/m1/s1. The van der Waals surface area contributed by atoms with Gasteiger partial charge in [-0.1, -0.05) is 0 Å². The van der Waals surface area contributed by atoms with E-state index in [0.717, 1.165) is 0 Å². The highest BCUT2D eigenvalue weighted by Gasteiger charge is 2.29. The number of rotatable bonds is 6. The van der Waals surface area contributed by atoms with Crippen LogP contribution in [0.15, 0.2) is 24.3 Å². The third-order valence-corrected chi connectivity index (χ3v) is 3.57. The highest BCUT2D eigenvalue weighted by molar-refractivity contribution is 5.92. The van der Waals surface area contributed by atoms with E-state index in [1.165, 1.54) is 6.92 Å². The molecule has 0 aliphatic carbocycles. The quantitative estimate of drug-likeness (QED) is 0.652. The second kappa shape index (κ2) is 8.30. The zero-order chi connectivity index (χ0) is 17.5. The molecular weight excluding hydrogens is 314 g/mol. The third-order valence-electron chi connectivity index (χ3n) is 3.57. The maximum absolute atomic E-state index is 11.9. The van der Waals surface area contributed by atoms with Crippen molar-refractivity contribution in [3.8, 4) is 5.75 Å². The van der Waals surface area contributed by atoms with Crippen LogP contribution in [-0.4, -0.2) is 49.6 Å². The summed E-state index contributed by atoms with van der Waals surface area (Å²) >= 11 is 0. The molecule has 130 valence electrons. The van der Waals surface area contributed by atoms with Gasteiger partial charge in [0.05, 0.1) is 19.2 Å². The van der Waals surface area contributed by atoms with Crippen molar-refractivity contribution in [2.75, 3.05) is 19.8 Å². The number of hydrogen-bond acceptors (Lipinski definition) is 5. The molecule has 0 radical (unpaired) electrons. The molecule has 8 heteroatoms. The molecule has 1 heterocycles. The molecule has 4 N–H and O–H groups in total. The normalized spacial score (nSPS) is 20.0. The average molecular weight is 335 g/mol. The molecular formula is C16H21N3O5. The van der Waals surface area contributed by atoms with E-state index in [2.05, 4.69) is 10.6 Å². The fourth-order valence-corrected chi connectivity index (χ4v) is 2.33. The lowest BCUT2D eigenvalue weighted by Crippen LogP contribution is -2.53. The van der Waals surface area contributed by atoms with Gasteiger partial charge in [-0.05, 0) is 30.7 Å². The summed E-state index contributed by atoms with van der Waals surface area (Å²) in [6.45, 7) is 2.13. The van der Waals surface area contributed by atoms with Crippen LogP contribution in [0.2, 0.25) is 0 Å². The average Bonchev–Trinajstić information content (AvgIpc) is 2.55. The maximum Gasteiger partial charge on any atom is 0.248 e. The largest absolute Gasteiger partial charge is 0.486 e. The van der Waals surface area contributed by atoms with Gasteiger partial charge in [0.15, 0.2) is 0 Å². The number of amides is 3. The Bertz CT molecular complexity index is 602. The maximum atomic E-state index is 11.9. The molecule has 2 atom stereocenters. The third kappa shape index (κ3) is 5.24. The number of carbonyl (C=O) groups excluding carboxylic acids is 3. The first-order chi connectivity index (χ1) is 11.5. The van der Waals surface area contributed by atoms with Gasteiger partial charge in [0.2, 0.25) is 17.7 Å². The predicted molar refractivity (Wildman–Crippen MR) is 85.4 cm³/mol. The minimum absolute atomic E-state index is 0.0767. The van der Waals surface area contributed by atoms with E-state index in [4.69, 9.17) is 15.2 Å². The topological polar surface area (TPSA) is 120 Å². The molecule has 1 aliphatic rings. The van der Waals surface area contributed by atoms with Gasteiger partial charge in [0, 0.05) is 19.1 Å². The Balaban J connectivity index is 1.94. The summed E-state index contributed by atoms with van der Waals surface area (Å²) in [6.07, 6.45) is 0.245. The van der Waals surface area contributed by atoms with Crippen molar-refractivity contribution in [2.45, 2.75) is 25.5 Å². The van der Waals surface area contributed by atoms with Crippen molar-refractivity contribution in [1.29, 1.82) is 0 Å². The molecule has 24 heavy (non-hydrogen) atoms. The number of benzene rings is 1. The van der Waals surface area contributed by atoms with E-state index in [1.54, 1.807) is 24.3 Å². The lowest BCUT2D eigenvalue weighted by Gasteiger charge is -2.32. The number of carbonyl (C=O) groups is 3. The van der Waals surface area contributed by atoms with Crippen molar-refractivity contribution in [3.63, 3.8) is 0 Å². The van der Waals surface area contributed by atoms with Crippen LogP contribution >= 0.6 is 0 Å². The smallest absolute Gasteiger partial charge is 0.248 e. The molecule has 1 aromatic rings. The first kappa shape index (κ1) is 17.7. The summed E-state index contributed by atoms with van der Waals surface area (Å²) in [6, 6.07) is 6.21. The zero-order valence-electron chi connectivity index (χ0n) is 13.4. The number of nitrogens with one attached hydrogen (secondary N) is 2. The first-order valence-corrected chi connectivity index (χ1v) is 7.64. The fourth-order valence-electron chi connectivity index (χ4n) is 2.33. The first-order valence-electron chi connectivity index (χ1n) is 7.64. The van der Waals surface area contributed by atoms with Crippen LogP contribution in [0.3, 0.4) is 0 Å². The Morgan fingerprint density at radius 1 is 1.29 bits per heavy atom. The molecule has 1 saturated heterocycles. The fraction of sp³-hybridized carbons (Fsp3) is 0.438. The van der Waals surface area contributed by atoms with Crippen LogP contribution in [0.1, 0.15) is 23.7 Å². The molecule has 0 bridgehead atoms. The number of hydrogen-bond donors (Lipinski definition) is 3. The molecule has 1 aliphatic heterocycles.